The largest absolute Gasteiger partial charge is 0.480 e. The first-order valence-electron chi connectivity index (χ1n) is 7.17. The van der Waals surface area contributed by atoms with Crippen molar-refractivity contribution in [2.24, 2.45) is 5.73 Å². The van der Waals surface area contributed by atoms with E-state index in [2.05, 4.69) is 10.6 Å². The molecule has 1 amide bonds. The van der Waals surface area contributed by atoms with Gasteiger partial charge in [0, 0.05) is 25.5 Å². The number of carbonyl (C=O) groups is 2. The minimum Gasteiger partial charge on any atom is -0.480 e. The molecule has 22 heavy (non-hydrogen) atoms. The van der Waals surface area contributed by atoms with Crippen LogP contribution in [0.1, 0.15) is 12.8 Å². The van der Waals surface area contributed by atoms with Gasteiger partial charge >= 0.3 is 5.97 Å². The van der Waals surface area contributed by atoms with Crippen molar-refractivity contribution in [1.82, 2.24) is 5.32 Å². The molecule has 0 bridgehead atoms. The highest BCUT2D eigenvalue weighted by atomic mass is 16.4. The lowest BCUT2D eigenvalue weighted by molar-refractivity contribution is -0.141. The summed E-state index contributed by atoms with van der Waals surface area (Å²) in [4.78, 5) is 25.0. The topological polar surface area (TPSA) is 108 Å². The Morgan fingerprint density at radius 1 is 1.27 bits per heavy atom. The Bertz CT molecular complexity index is 488. The lowest BCUT2D eigenvalue weighted by Crippen LogP contribution is -2.40. The van der Waals surface area contributed by atoms with Gasteiger partial charge in [-0.05, 0) is 43.8 Å². The second-order valence-electron chi connectivity index (χ2n) is 5.18. The van der Waals surface area contributed by atoms with Crippen LogP contribution >= 0.6 is 0 Å². The molecule has 7 nitrogen and oxygen atoms in total. The number of aliphatic carboxylic acids is 1. The average Bonchev–Trinajstić information content (AvgIpc) is 2.46. The summed E-state index contributed by atoms with van der Waals surface area (Å²) < 4.78 is 0. The Morgan fingerprint density at radius 2 is 1.91 bits per heavy atom. The molecule has 0 spiro atoms. The van der Waals surface area contributed by atoms with Crippen molar-refractivity contribution < 1.29 is 14.7 Å². The van der Waals surface area contributed by atoms with Gasteiger partial charge in [-0.15, -0.1) is 0 Å². The first-order valence-corrected chi connectivity index (χ1v) is 7.17. The van der Waals surface area contributed by atoms with E-state index in [9.17, 15) is 9.59 Å². The van der Waals surface area contributed by atoms with E-state index in [0.717, 1.165) is 5.69 Å². The number of hydrogen-bond acceptors (Lipinski definition) is 5. The smallest absolute Gasteiger partial charge is 0.321 e. The minimum atomic E-state index is -1.05. The van der Waals surface area contributed by atoms with Crippen molar-refractivity contribution in [1.29, 1.82) is 0 Å². The predicted octanol–water partition coefficient (Wildman–Crippen LogP) is 0.473. The predicted molar refractivity (Wildman–Crippen MR) is 87.1 cm³/mol. The quantitative estimate of drug-likeness (QED) is 0.494. The number of carbonyl (C=O) groups excluding carboxylic acids is 1. The van der Waals surface area contributed by atoms with Crippen molar-refractivity contribution in [2.45, 2.75) is 18.9 Å². The standard InChI is InChI=1S/C15H24N4O3/c1-19(2)12-6-4-11(5-7-12)18-14(20)10-13(15(21)22)17-9-3-8-16/h4-7,13,17H,3,8-10,16H2,1-2H3,(H,18,20)(H,21,22)/t13-/m1/s1. The number of nitrogens with two attached hydrogens (primary N) is 1. The molecule has 0 fully saturated rings. The van der Waals surface area contributed by atoms with Gasteiger partial charge in [-0.2, -0.15) is 0 Å². The number of anilines is 2. The van der Waals surface area contributed by atoms with Gasteiger partial charge in [0.2, 0.25) is 5.91 Å². The normalized spacial score (nSPS) is 11.8. The van der Waals surface area contributed by atoms with E-state index in [1.165, 1.54) is 0 Å². The van der Waals surface area contributed by atoms with Crippen LogP contribution in [0.3, 0.4) is 0 Å². The van der Waals surface area contributed by atoms with Gasteiger partial charge in [-0.1, -0.05) is 0 Å². The highest BCUT2D eigenvalue weighted by molar-refractivity contribution is 5.94. The molecule has 7 heteroatoms. The van der Waals surface area contributed by atoms with E-state index in [4.69, 9.17) is 10.8 Å². The third-order valence-corrected chi connectivity index (χ3v) is 3.13. The molecule has 0 unspecified atom stereocenters. The van der Waals surface area contributed by atoms with Gasteiger partial charge in [-0.3, -0.25) is 9.59 Å². The SMILES string of the molecule is CN(C)c1ccc(NC(=O)C[C@@H](NCCCN)C(=O)O)cc1. The van der Waals surface area contributed by atoms with Crippen LogP contribution in [-0.4, -0.2) is 50.2 Å². The molecule has 0 aliphatic rings. The Labute approximate surface area is 130 Å². The third-order valence-electron chi connectivity index (χ3n) is 3.13. The van der Waals surface area contributed by atoms with Crippen LogP contribution in [0.4, 0.5) is 11.4 Å². The van der Waals surface area contributed by atoms with Crippen LogP contribution in [-0.2, 0) is 9.59 Å². The van der Waals surface area contributed by atoms with Gasteiger partial charge < -0.3 is 26.4 Å². The third kappa shape index (κ3) is 6.11. The zero-order valence-electron chi connectivity index (χ0n) is 13.0. The summed E-state index contributed by atoms with van der Waals surface area (Å²) in [6.45, 7) is 0.946. The van der Waals surface area contributed by atoms with Crippen molar-refractivity contribution in [3.63, 3.8) is 0 Å². The van der Waals surface area contributed by atoms with Crippen LogP contribution < -0.4 is 21.3 Å². The van der Waals surface area contributed by atoms with Gasteiger partial charge in [0.25, 0.3) is 0 Å². The van der Waals surface area contributed by atoms with E-state index in [0.29, 0.717) is 25.2 Å². The molecule has 0 aliphatic carbocycles. The monoisotopic (exact) mass is 308 g/mol. The Kier molecular flexibility index (Phi) is 7.34. The number of carboxylic acid groups (broad SMARTS) is 1. The van der Waals surface area contributed by atoms with E-state index in [-0.39, 0.29) is 12.3 Å². The first kappa shape index (κ1) is 17.9. The van der Waals surface area contributed by atoms with Gasteiger partial charge in [0.1, 0.15) is 6.04 Å². The summed E-state index contributed by atoms with van der Waals surface area (Å²) >= 11 is 0. The van der Waals surface area contributed by atoms with Crippen molar-refractivity contribution >= 4 is 23.3 Å². The number of rotatable bonds is 9. The summed E-state index contributed by atoms with van der Waals surface area (Å²) in [7, 11) is 3.86. The molecule has 1 aromatic carbocycles. The molecular weight excluding hydrogens is 284 g/mol. The lowest BCUT2D eigenvalue weighted by Gasteiger charge is -2.15. The molecule has 0 aromatic heterocycles. The molecule has 0 saturated heterocycles. The van der Waals surface area contributed by atoms with E-state index < -0.39 is 12.0 Å². The number of hydrogen-bond donors (Lipinski definition) is 4. The Balaban J connectivity index is 2.53. The second kappa shape index (κ2) is 9.01. The van der Waals surface area contributed by atoms with E-state index in [1.807, 2.05) is 31.1 Å². The minimum absolute atomic E-state index is 0.130. The second-order valence-corrected chi connectivity index (χ2v) is 5.18. The fourth-order valence-corrected chi connectivity index (χ4v) is 1.87. The van der Waals surface area contributed by atoms with Crippen LogP contribution in [0.15, 0.2) is 24.3 Å². The van der Waals surface area contributed by atoms with E-state index >= 15 is 0 Å². The van der Waals surface area contributed by atoms with Crippen molar-refractivity contribution in [3.8, 4) is 0 Å². The maximum atomic E-state index is 11.9. The highest BCUT2D eigenvalue weighted by Crippen LogP contribution is 2.15. The molecule has 0 saturated carbocycles. The molecular formula is C15H24N4O3. The lowest BCUT2D eigenvalue weighted by atomic mass is 10.2. The summed E-state index contributed by atoms with van der Waals surface area (Å²) in [5.41, 5.74) is 7.02. The van der Waals surface area contributed by atoms with E-state index in [1.54, 1.807) is 12.1 Å². The molecule has 0 heterocycles. The maximum absolute atomic E-state index is 11.9. The fourth-order valence-electron chi connectivity index (χ4n) is 1.87. The molecule has 5 N–H and O–H groups in total. The van der Waals surface area contributed by atoms with Crippen LogP contribution in [0.25, 0.3) is 0 Å². The van der Waals surface area contributed by atoms with Gasteiger partial charge in [0.15, 0.2) is 0 Å². The number of nitrogens with zero attached hydrogens (tertiary/aromatic N) is 1. The summed E-state index contributed by atoms with van der Waals surface area (Å²) in [6, 6.07) is 6.41. The Morgan fingerprint density at radius 3 is 2.41 bits per heavy atom. The fraction of sp³-hybridized carbons (Fsp3) is 0.467. The van der Waals surface area contributed by atoms with Gasteiger partial charge in [-0.25, -0.2) is 0 Å². The molecule has 122 valence electrons. The van der Waals surface area contributed by atoms with Crippen LogP contribution in [0, 0.1) is 0 Å². The highest BCUT2D eigenvalue weighted by Gasteiger charge is 2.20. The summed E-state index contributed by atoms with van der Waals surface area (Å²) in [5.74, 6) is -1.39. The number of carboxylic acids is 1. The first-order chi connectivity index (χ1) is 10.4. The zero-order valence-corrected chi connectivity index (χ0v) is 13.0. The maximum Gasteiger partial charge on any atom is 0.321 e. The van der Waals surface area contributed by atoms with Crippen molar-refractivity contribution in [2.75, 3.05) is 37.4 Å². The van der Waals surface area contributed by atoms with Crippen molar-refractivity contribution in [3.05, 3.63) is 24.3 Å². The molecule has 1 aromatic rings. The molecule has 1 atom stereocenters. The summed E-state index contributed by atoms with van der Waals surface area (Å²) in [6.07, 6.45) is 0.534. The van der Waals surface area contributed by atoms with Crippen LogP contribution in [0.5, 0.6) is 0 Å². The zero-order chi connectivity index (χ0) is 16.5. The molecule has 0 radical (unpaired) electrons. The Hall–Kier alpha value is -2.12. The number of amides is 1. The number of nitrogens with one attached hydrogen (secondary N) is 2. The molecule has 0 aliphatic heterocycles. The van der Waals surface area contributed by atoms with Gasteiger partial charge in [0.05, 0.1) is 6.42 Å². The summed E-state index contributed by atoms with van der Waals surface area (Å²) in [5, 5.41) is 14.6. The molecule has 1 rings (SSSR count). The average molecular weight is 308 g/mol. The van der Waals surface area contributed by atoms with Crippen LogP contribution in [0.2, 0.25) is 0 Å². The number of benzene rings is 1.